The Hall–Kier alpha value is -1.67. The molecule has 2 nitrogen and oxygen atoms in total. The second kappa shape index (κ2) is 5.32. The standard InChI is InChI=1S/C12H9ClF3NO/c1-3-7(2)17-11(18)8-5-4-6-9(10(8)13)12(14,15)16/h1,4-7H,2H3,(H,17,18). The lowest BCUT2D eigenvalue weighted by Gasteiger charge is -2.13. The Balaban J connectivity index is 3.13. The van der Waals surface area contributed by atoms with E-state index in [9.17, 15) is 18.0 Å². The second-order valence-corrected chi connectivity index (χ2v) is 3.90. The Bertz CT molecular complexity index is 505. The average molecular weight is 276 g/mol. The van der Waals surface area contributed by atoms with Crippen molar-refractivity contribution in [3.63, 3.8) is 0 Å². The number of carbonyl (C=O) groups excluding carboxylic acids is 1. The van der Waals surface area contributed by atoms with Crippen molar-refractivity contribution < 1.29 is 18.0 Å². The number of carbonyl (C=O) groups is 1. The molecule has 96 valence electrons. The summed E-state index contributed by atoms with van der Waals surface area (Å²) in [6.07, 6.45) is 0.452. The van der Waals surface area contributed by atoms with Crippen LogP contribution in [0.25, 0.3) is 0 Å². The van der Waals surface area contributed by atoms with Gasteiger partial charge >= 0.3 is 6.18 Å². The van der Waals surface area contributed by atoms with E-state index >= 15 is 0 Å². The van der Waals surface area contributed by atoms with Crippen LogP contribution in [0.3, 0.4) is 0 Å². The van der Waals surface area contributed by atoms with Crippen LogP contribution < -0.4 is 5.32 Å². The topological polar surface area (TPSA) is 29.1 Å². The predicted octanol–water partition coefficient (Wildman–Crippen LogP) is 3.11. The molecule has 1 N–H and O–H groups in total. The molecule has 0 aliphatic carbocycles. The fraction of sp³-hybridized carbons (Fsp3) is 0.250. The molecule has 0 aromatic heterocycles. The molecule has 1 rings (SSSR count). The van der Waals surface area contributed by atoms with E-state index in [1.807, 2.05) is 0 Å². The van der Waals surface area contributed by atoms with Gasteiger partial charge in [0.15, 0.2) is 0 Å². The lowest BCUT2D eigenvalue weighted by Crippen LogP contribution is -2.31. The Kier molecular flexibility index (Phi) is 4.25. The smallest absolute Gasteiger partial charge is 0.339 e. The van der Waals surface area contributed by atoms with Gasteiger partial charge in [-0.2, -0.15) is 13.2 Å². The maximum atomic E-state index is 12.6. The van der Waals surface area contributed by atoms with Crippen molar-refractivity contribution in [3.8, 4) is 12.3 Å². The SMILES string of the molecule is C#CC(C)NC(=O)c1cccc(C(F)(F)F)c1Cl. The lowest BCUT2D eigenvalue weighted by molar-refractivity contribution is -0.137. The minimum atomic E-state index is -4.61. The molecule has 0 saturated heterocycles. The number of halogens is 4. The van der Waals surface area contributed by atoms with Gasteiger partial charge in [-0.25, -0.2) is 0 Å². The third kappa shape index (κ3) is 3.17. The number of benzene rings is 1. The van der Waals surface area contributed by atoms with Crippen molar-refractivity contribution in [1.29, 1.82) is 0 Å². The molecule has 0 aliphatic heterocycles. The highest BCUT2D eigenvalue weighted by Gasteiger charge is 2.34. The van der Waals surface area contributed by atoms with Crippen LogP contribution in [0.2, 0.25) is 5.02 Å². The van der Waals surface area contributed by atoms with Gasteiger partial charge in [0, 0.05) is 0 Å². The van der Waals surface area contributed by atoms with Crippen LogP contribution in [0.1, 0.15) is 22.8 Å². The molecule has 1 unspecified atom stereocenters. The molecule has 1 atom stereocenters. The normalized spacial score (nSPS) is 12.7. The largest absolute Gasteiger partial charge is 0.417 e. The zero-order valence-electron chi connectivity index (χ0n) is 9.31. The highest BCUT2D eigenvalue weighted by Crippen LogP contribution is 2.36. The third-order valence-electron chi connectivity index (χ3n) is 2.15. The maximum absolute atomic E-state index is 12.6. The molecule has 6 heteroatoms. The quantitative estimate of drug-likeness (QED) is 0.826. The van der Waals surface area contributed by atoms with Crippen LogP contribution in [0.15, 0.2) is 18.2 Å². The van der Waals surface area contributed by atoms with E-state index in [4.69, 9.17) is 18.0 Å². The van der Waals surface area contributed by atoms with E-state index in [1.54, 1.807) is 0 Å². The van der Waals surface area contributed by atoms with Crippen molar-refractivity contribution in [2.75, 3.05) is 0 Å². The number of nitrogens with one attached hydrogen (secondary N) is 1. The van der Waals surface area contributed by atoms with E-state index in [0.717, 1.165) is 12.1 Å². The predicted molar refractivity (Wildman–Crippen MR) is 62.2 cm³/mol. The number of hydrogen-bond donors (Lipinski definition) is 1. The Morgan fingerprint density at radius 3 is 2.61 bits per heavy atom. The molecule has 1 amide bonds. The molecule has 0 heterocycles. The molecule has 1 aromatic rings. The molecule has 0 aliphatic rings. The highest BCUT2D eigenvalue weighted by atomic mass is 35.5. The van der Waals surface area contributed by atoms with Crippen LogP contribution in [0.5, 0.6) is 0 Å². The highest BCUT2D eigenvalue weighted by molar-refractivity contribution is 6.34. The van der Waals surface area contributed by atoms with E-state index in [0.29, 0.717) is 0 Å². The molecule has 18 heavy (non-hydrogen) atoms. The number of amides is 1. The zero-order valence-corrected chi connectivity index (χ0v) is 10.1. The zero-order chi connectivity index (χ0) is 13.9. The summed E-state index contributed by atoms with van der Waals surface area (Å²) < 4.78 is 37.7. The second-order valence-electron chi connectivity index (χ2n) is 3.53. The number of hydrogen-bond acceptors (Lipinski definition) is 1. The first-order chi connectivity index (χ1) is 8.27. The first-order valence-electron chi connectivity index (χ1n) is 4.90. The molecular formula is C12H9ClF3NO. The van der Waals surface area contributed by atoms with Gasteiger partial charge in [0.2, 0.25) is 0 Å². The number of terminal acetylenes is 1. The Morgan fingerprint density at radius 1 is 1.50 bits per heavy atom. The molecule has 0 fully saturated rings. The third-order valence-corrected chi connectivity index (χ3v) is 2.55. The Labute approximate surface area is 107 Å². The summed E-state index contributed by atoms with van der Waals surface area (Å²) in [6, 6.07) is 2.53. The van der Waals surface area contributed by atoms with E-state index in [1.165, 1.54) is 13.0 Å². The molecule has 0 radical (unpaired) electrons. The van der Waals surface area contributed by atoms with Crippen LogP contribution in [0, 0.1) is 12.3 Å². The summed E-state index contributed by atoms with van der Waals surface area (Å²) in [6.45, 7) is 1.53. The number of rotatable bonds is 2. The van der Waals surface area contributed by atoms with Gasteiger partial charge in [0.25, 0.3) is 5.91 Å². The van der Waals surface area contributed by atoms with Crippen LogP contribution in [-0.2, 0) is 6.18 Å². The van der Waals surface area contributed by atoms with Crippen molar-refractivity contribution in [1.82, 2.24) is 5.32 Å². The molecule has 1 aromatic carbocycles. The van der Waals surface area contributed by atoms with Gasteiger partial charge in [-0.05, 0) is 19.1 Å². The van der Waals surface area contributed by atoms with Gasteiger partial charge in [0.05, 0.1) is 22.2 Å². The Morgan fingerprint density at radius 2 is 2.11 bits per heavy atom. The van der Waals surface area contributed by atoms with Gasteiger partial charge in [0.1, 0.15) is 0 Å². The number of alkyl halides is 3. The molecule has 0 spiro atoms. The van der Waals surface area contributed by atoms with E-state index in [-0.39, 0.29) is 5.56 Å². The van der Waals surface area contributed by atoms with E-state index in [2.05, 4.69) is 11.2 Å². The fourth-order valence-electron chi connectivity index (χ4n) is 1.24. The molecular weight excluding hydrogens is 267 g/mol. The minimum Gasteiger partial charge on any atom is -0.339 e. The molecule has 0 saturated carbocycles. The summed E-state index contributed by atoms with van der Waals surface area (Å²) in [5.41, 5.74) is -1.31. The van der Waals surface area contributed by atoms with Crippen molar-refractivity contribution in [2.24, 2.45) is 0 Å². The van der Waals surface area contributed by atoms with Crippen LogP contribution in [0.4, 0.5) is 13.2 Å². The molecule has 0 bridgehead atoms. The summed E-state index contributed by atoms with van der Waals surface area (Å²) in [5.74, 6) is 1.49. The van der Waals surface area contributed by atoms with Gasteiger partial charge in [-0.1, -0.05) is 23.6 Å². The summed E-state index contributed by atoms with van der Waals surface area (Å²) in [5, 5.41) is 1.71. The summed E-state index contributed by atoms with van der Waals surface area (Å²) in [7, 11) is 0. The van der Waals surface area contributed by atoms with Crippen molar-refractivity contribution >= 4 is 17.5 Å². The van der Waals surface area contributed by atoms with E-state index < -0.39 is 28.7 Å². The van der Waals surface area contributed by atoms with Gasteiger partial charge in [-0.3, -0.25) is 4.79 Å². The van der Waals surface area contributed by atoms with Gasteiger partial charge in [-0.15, -0.1) is 6.42 Å². The van der Waals surface area contributed by atoms with Crippen molar-refractivity contribution in [3.05, 3.63) is 34.3 Å². The monoisotopic (exact) mass is 275 g/mol. The van der Waals surface area contributed by atoms with Gasteiger partial charge < -0.3 is 5.32 Å². The van der Waals surface area contributed by atoms with Crippen LogP contribution >= 0.6 is 11.6 Å². The summed E-state index contributed by atoms with van der Waals surface area (Å²) >= 11 is 5.58. The first-order valence-corrected chi connectivity index (χ1v) is 5.28. The average Bonchev–Trinajstić information content (AvgIpc) is 2.27. The van der Waals surface area contributed by atoms with Crippen molar-refractivity contribution in [2.45, 2.75) is 19.1 Å². The fourth-order valence-corrected chi connectivity index (χ4v) is 1.56. The van der Waals surface area contributed by atoms with Crippen LogP contribution in [-0.4, -0.2) is 11.9 Å². The maximum Gasteiger partial charge on any atom is 0.417 e. The summed E-state index contributed by atoms with van der Waals surface area (Å²) in [4.78, 5) is 11.7. The first kappa shape index (κ1) is 14.4. The minimum absolute atomic E-state index is 0.256. The lowest BCUT2D eigenvalue weighted by atomic mass is 10.1.